The highest BCUT2D eigenvalue weighted by Gasteiger charge is 2.27. The third-order valence-corrected chi connectivity index (χ3v) is 5.43. The highest BCUT2D eigenvalue weighted by Crippen LogP contribution is 2.40. The molecule has 2 unspecified atom stereocenters. The summed E-state index contributed by atoms with van der Waals surface area (Å²) in [6, 6.07) is 26.1. The average Bonchev–Trinajstić information content (AvgIpc) is 2.81. The van der Waals surface area contributed by atoms with Crippen molar-refractivity contribution in [3.05, 3.63) is 101 Å². The summed E-state index contributed by atoms with van der Waals surface area (Å²) in [4.78, 5) is 0. The lowest BCUT2D eigenvalue weighted by molar-refractivity contribution is 0.0613. The van der Waals surface area contributed by atoms with Gasteiger partial charge in [0.25, 0.3) is 0 Å². The fourth-order valence-corrected chi connectivity index (χ4v) is 3.74. The van der Waals surface area contributed by atoms with Crippen molar-refractivity contribution in [2.75, 3.05) is 13.2 Å². The van der Waals surface area contributed by atoms with Crippen LogP contribution in [0.5, 0.6) is 5.75 Å². The van der Waals surface area contributed by atoms with Gasteiger partial charge >= 0.3 is 0 Å². The molecule has 1 N–H and O–H groups in total. The summed E-state index contributed by atoms with van der Waals surface area (Å²) >= 11 is 0. The molecule has 0 aliphatic rings. The first kappa shape index (κ1) is 23.1. The van der Waals surface area contributed by atoms with Crippen LogP contribution in [-0.4, -0.2) is 18.3 Å². The van der Waals surface area contributed by atoms with Crippen LogP contribution in [0.1, 0.15) is 74.0 Å². The second kappa shape index (κ2) is 12.3. The van der Waals surface area contributed by atoms with Gasteiger partial charge in [0.05, 0.1) is 0 Å². The molecule has 0 fully saturated rings. The summed E-state index contributed by atoms with van der Waals surface area (Å²) in [6.07, 6.45) is 3.47. The van der Waals surface area contributed by atoms with Gasteiger partial charge in [-0.1, -0.05) is 99.5 Å². The number of phenolic OH excluding ortho intramolecular Hbond substituents is 1. The summed E-state index contributed by atoms with van der Waals surface area (Å²) in [7, 11) is 0. The molecule has 0 bridgehead atoms. The smallest absolute Gasteiger partial charge is 0.122 e. The monoisotopic (exact) mass is 418 g/mol. The topological polar surface area (TPSA) is 38.7 Å². The van der Waals surface area contributed by atoms with E-state index in [1.54, 1.807) is 6.07 Å². The van der Waals surface area contributed by atoms with E-state index in [0.717, 1.165) is 47.9 Å². The van der Waals surface area contributed by atoms with Crippen LogP contribution in [0.15, 0.2) is 78.9 Å². The van der Waals surface area contributed by atoms with Crippen molar-refractivity contribution in [1.29, 1.82) is 0 Å². The van der Waals surface area contributed by atoms with Crippen molar-refractivity contribution < 1.29 is 14.6 Å². The number of ether oxygens (including phenoxy) is 2. The van der Waals surface area contributed by atoms with E-state index in [1.807, 2.05) is 42.5 Å². The second-order valence-corrected chi connectivity index (χ2v) is 7.81. The molecule has 0 aromatic heterocycles. The fourth-order valence-electron chi connectivity index (χ4n) is 3.74. The minimum Gasteiger partial charge on any atom is -0.508 e. The summed E-state index contributed by atoms with van der Waals surface area (Å²) in [5.74, 6) is 0.239. The number of unbranched alkanes of at least 4 members (excludes halogenated alkanes) is 2. The van der Waals surface area contributed by atoms with Gasteiger partial charge in [-0.3, -0.25) is 0 Å². The van der Waals surface area contributed by atoms with Gasteiger partial charge in [-0.25, -0.2) is 0 Å². The number of hydrogen-bond donors (Lipinski definition) is 1. The highest BCUT2D eigenvalue weighted by atomic mass is 16.5. The number of rotatable bonds is 12. The quantitative estimate of drug-likeness (QED) is 0.316. The van der Waals surface area contributed by atoms with E-state index < -0.39 is 0 Å². The molecule has 3 aromatic carbocycles. The molecule has 0 amide bonds. The van der Waals surface area contributed by atoms with Crippen molar-refractivity contribution in [2.45, 2.75) is 51.7 Å². The molecule has 3 nitrogen and oxygen atoms in total. The Balaban J connectivity index is 2.08. The first-order valence-corrected chi connectivity index (χ1v) is 11.4. The lowest BCUT2D eigenvalue weighted by Crippen LogP contribution is -2.15. The lowest BCUT2D eigenvalue weighted by atomic mass is 9.90. The largest absolute Gasteiger partial charge is 0.508 e. The van der Waals surface area contributed by atoms with Crippen molar-refractivity contribution in [3.8, 4) is 5.75 Å². The highest BCUT2D eigenvalue weighted by molar-refractivity contribution is 5.48. The van der Waals surface area contributed by atoms with E-state index in [9.17, 15) is 5.11 Å². The molecule has 0 heterocycles. The Morgan fingerprint density at radius 2 is 1.16 bits per heavy atom. The molecule has 0 radical (unpaired) electrons. The SMILES string of the molecule is CCCCOC(c1ccccc1)c1cccc(O)c1C(OCCCC)c1ccccc1. The third-order valence-electron chi connectivity index (χ3n) is 5.43. The Morgan fingerprint density at radius 3 is 1.71 bits per heavy atom. The number of aromatic hydroxyl groups is 1. The van der Waals surface area contributed by atoms with Crippen LogP contribution in [0.3, 0.4) is 0 Å². The Kier molecular flexibility index (Phi) is 9.14. The molecule has 0 saturated carbocycles. The third kappa shape index (κ3) is 6.19. The molecule has 2 atom stereocenters. The van der Waals surface area contributed by atoms with E-state index in [4.69, 9.17) is 9.47 Å². The molecule has 31 heavy (non-hydrogen) atoms. The van der Waals surface area contributed by atoms with E-state index in [-0.39, 0.29) is 18.0 Å². The number of hydrogen-bond acceptors (Lipinski definition) is 3. The first-order chi connectivity index (χ1) is 15.3. The van der Waals surface area contributed by atoms with Gasteiger partial charge in [-0.2, -0.15) is 0 Å². The van der Waals surface area contributed by atoms with Gasteiger partial charge < -0.3 is 14.6 Å². The Morgan fingerprint density at radius 1 is 0.645 bits per heavy atom. The van der Waals surface area contributed by atoms with Crippen LogP contribution in [0.25, 0.3) is 0 Å². The second-order valence-electron chi connectivity index (χ2n) is 7.81. The molecular weight excluding hydrogens is 384 g/mol. The minimum atomic E-state index is -0.357. The van der Waals surface area contributed by atoms with Crippen LogP contribution in [0, 0.1) is 0 Å². The number of phenols is 1. The molecule has 164 valence electrons. The standard InChI is InChI=1S/C28H34O3/c1-3-5-20-30-27(22-14-9-7-10-15-22)24-18-13-19-25(29)26(24)28(31-21-6-4-2)23-16-11-8-12-17-23/h7-19,27-29H,3-6,20-21H2,1-2H3. The molecule has 3 heteroatoms. The Hall–Kier alpha value is -2.62. The summed E-state index contributed by atoms with van der Waals surface area (Å²) in [5, 5.41) is 11.0. The molecule has 3 rings (SSSR count). The van der Waals surface area contributed by atoms with Crippen LogP contribution in [0.4, 0.5) is 0 Å². The zero-order valence-corrected chi connectivity index (χ0v) is 18.7. The maximum Gasteiger partial charge on any atom is 0.122 e. The zero-order chi connectivity index (χ0) is 21.9. The predicted octanol–water partition coefficient (Wildman–Crippen LogP) is 7.20. The number of benzene rings is 3. The molecule has 0 spiro atoms. The van der Waals surface area contributed by atoms with Crippen LogP contribution in [-0.2, 0) is 9.47 Å². The van der Waals surface area contributed by atoms with Gasteiger partial charge in [0, 0.05) is 18.8 Å². The van der Waals surface area contributed by atoms with Gasteiger partial charge in [-0.05, 0) is 35.6 Å². The summed E-state index contributed by atoms with van der Waals surface area (Å²) in [5.41, 5.74) is 3.84. The van der Waals surface area contributed by atoms with Crippen molar-refractivity contribution in [1.82, 2.24) is 0 Å². The molecule has 0 aliphatic heterocycles. The predicted molar refractivity (Wildman–Crippen MR) is 126 cm³/mol. The fraction of sp³-hybridized carbons (Fsp3) is 0.357. The van der Waals surface area contributed by atoms with Crippen molar-refractivity contribution >= 4 is 0 Å². The molecule has 0 aliphatic carbocycles. The molecular formula is C28H34O3. The van der Waals surface area contributed by atoms with E-state index in [1.165, 1.54) is 0 Å². The van der Waals surface area contributed by atoms with Gasteiger partial charge in [0.1, 0.15) is 18.0 Å². The van der Waals surface area contributed by atoms with E-state index in [2.05, 4.69) is 44.2 Å². The maximum atomic E-state index is 11.0. The zero-order valence-electron chi connectivity index (χ0n) is 18.7. The van der Waals surface area contributed by atoms with E-state index in [0.29, 0.717) is 13.2 Å². The molecule has 3 aromatic rings. The average molecular weight is 419 g/mol. The van der Waals surface area contributed by atoms with Crippen LogP contribution >= 0.6 is 0 Å². The summed E-state index contributed by atoms with van der Waals surface area (Å²) in [6.45, 7) is 5.61. The minimum absolute atomic E-state index is 0.239. The molecule has 0 saturated heterocycles. The van der Waals surface area contributed by atoms with Crippen LogP contribution < -0.4 is 0 Å². The van der Waals surface area contributed by atoms with Gasteiger partial charge in [-0.15, -0.1) is 0 Å². The Bertz CT molecular complexity index is 893. The van der Waals surface area contributed by atoms with Crippen molar-refractivity contribution in [2.24, 2.45) is 0 Å². The lowest BCUT2D eigenvalue weighted by Gasteiger charge is -2.27. The van der Waals surface area contributed by atoms with Gasteiger partial charge in [0.15, 0.2) is 0 Å². The van der Waals surface area contributed by atoms with Crippen LogP contribution in [0.2, 0.25) is 0 Å². The Labute approximate surface area is 186 Å². The normalized spacial score (nSPS) is 13.1. The van der Waals surface area contributed by atoms with Crippen molar-refractivity contribution in [3.63, 3.8) is 0 Å². The van der Waals surface area contributed by atoms with E-state index >= 15 is 0 Å². The van der Waals surface area contributed by atoms with Gasteiger partial charge in [0.2, 0.25) is 0 Å². The summed E-state index contributed by atoms with van der Waals surface area (Å²) < 4.78 is 12.8. The maximum absolute atomic E-state index is 11.0. The first-order valence-electron chi connectivity index (χ1n) is 11.4.